The summed E-state index contributed by atoms with van der Waals surface area (Å²) in [4.78, 5) is 11.9. The summed E-state index contributed by atoms with van der Waals surface area (Å²) in [6.45, 7) is 0.327. The number of ether oxygens (including phenoxy) is 1. The second-order valence-corrected chi connectivity index (χ2v) is 5.00. The molecule has 0 aromatic heterocycles. The number of carbonyl (C=O) groups is 1. The van der Waals surface area contributed by atoms with Gasteiger partial charge in [0.05, 0.1) is 6.42 Å². The molecule has 0 unspecified atom stereocenters. The van der Waals surface area contributed by atoms with Crippen molar-refractivity contribution >= 4 is 16.7 Å². The van der Waals surface area contributed by atoms with Crippen LogP contribution in [-0.4, -0.2) is 5.97 Å². The van der Waals surface area contributed by atoms with E-state index in [0.717, 1.165) is 16.5 Å². The molecule has 3 aromatic rings. The number of hydrogen-bond donors (Lipinski definition) is 0. The first kappa shape index (κ1) is 13.4. The molecule has 0 heterocycles. The summed E-state index contributed by atoms with van der Waals surface area (Å²) in [6.07, 6.45) is 0.303. The SMILES string of the molecule is O=C(Cc1ccc2ccccc2c1)OCc1ccccc1. The molecule has 0 bridgehead atoms. The van der Waals surface area contributed by atoms with Gasteiger partial charge in [0, 0.05) is 0 Å². The summed E-state index contributed by atoms with van der Waals surface area (Å²) in [5.74, 6) is -0.200. The largest absolute Gasteiger partial charge is 0.461 e. The van der Waals surface area contributed by atoms with Crippen LogP contribution in [0.3, 0.4) is 0 Å². The molecular formula is C19H16O2. The molecule has 0 radical (unpaired) electrons. The molecule has 0 atom stereocenters. The smallest absolute Gasteiger partial charge is 0.310 e. The van der Waals surface area contributed by atoms with E-state index in [1.807, 2.05) is 66.7 Å². The summed E-state index contributed by atoms with van der Waals surface area (Å²) >= 11 is 0. The maximum atomic E-state index is 11.9. The highest BCUT2D eigenvalue weighted by Gasteiger charge is 2.06. The minimum absolute atomic E-state index is 0.200. The average molecular weight is 276 g/mol. The molecule has 2 nitrogen and oxygen atoms in total. The van der Waals surface area contributed by atoms with E-state index in [2.05, 4.69) is 6.07 Å². The molecule has 0 amide bonds. The molecule has 3 rings (SSSR count). The van der Waals surface area contributed by atoms with Gasteiger partial charge >= 0.3 is 5.97 Å². The Labute approximate surface area is 124 Å². The zero-order valence-electron chi connectivity index (χ0n) is 11.7. The Morgan fingerprint density at radius 1 is 0.762 bits per heavy atom. The van der Waals surface area contributed by atoms with Crippen LogP contribution in [0.4, 0.5) is 0 Å². The molecule has 0 saturated heterocycles. The van der Waals surface area contributed by atoms with Crippen molar-refractivity contribution in [2.45, 2.75) is 13.0 Å². The van der Waals surface area contributed by atoms with E-state index in [0.29, 0.717) is 13.0 Å². The molecule has 0 aliphatic heterocycles. The maximum absolute atomic E-state index is 11.9. The van der Waals surface area contributed by atoms with Crippen molar-refractivity contribution in [3.63, 3.8) is 0 Å². The average Bonchev–Trinajstić information content (AvgIpc) is 2.54. The molecule has 0 N–H and O–H groups in total. The first-order valence-electron chi connectivity index (χ1n) is 6.98. The monoisotopic (exact) mass is 276 g/mol. The lowest BCUT2D eigenvalue weighted by atomic mass is 10.1. The Morgan fingerprint density at radius 3 is 2.29 bits per heavy atom. The van der Waals surface area contributed by atoms with Crippen LogP contribution in [0.15, 0.2) is 72.8 Å². The lowest BCUT2D eigenvalue weighted by molar-refractivity contribution is -0.144. The summed E-state index contributed by atoms with van der Waals surface area (Å²) in [7, 11) is 0. The van der Waals surface area contributed by atoms with Gasteiger partial charge in [-0.25, -0.2) is 0 Å². The number of fused-ring (bicyclic) bond motifs is 1. The Morgan fingerprint density at radius 2 is 1.48 bits per heavy atom. The van der Waals surface area contributed by atoms with Gasteiger partial charge in [-0.3, -0.25) is 4.79 Å². The highest BCUT2D eigenvalue weighted by Crippen LogP contribution is 2.16. The van der Waals surface area contributed by atoms with Gasteiger partial charge in [0.2, 0.25) is 0 Å². The molecule has 3 aromatic carbocycles. The molecule has 0 spiro atoms. The topological polar surface area (TPSA) is 26.3 Å². The zero-order valence-corrected chi connectivity index (χ0v) is 11.7. The Bertz CT molecular complexity index is 748. The minimum Gasteiger partial charge on any atom is -0.461 e. The third-order valence-electron chi connectivity index (χ3n) is 3.40. The van der Waals surface area contributed by atoms with Gasteiger partial charge in [-0.2, -0.15) is 0 Å². The summed E-state index contributed by atoms with van der Waals surface area (Å²) in [5, 5.41) is 2.32. The lowest BCUT2D eigenvalue weighted by Gasteiger charge is -2.06. The normalized spacial score (nSPS) is 10.5. The van der Waals surface area contributed by atoms with Crippen molar-refractivity contribution in [3.8, 4) is 0 Å². The maximum Gasteiger partial charge on any atom is 0.310 e. The molecule has 0 aliphatic rings. The standard InChI is InChI=1S/C19H16O2/c20-19(21-14-15-6-2-1-3-7-15)13-16-10-11-17-8-4-5-9-18(17)12-16/h1-12H,13-14H2. The highest BCUT2D eigenvalue weighted by molar-refractivity contribution is 5.84. The lowest BCUT2D eigenvalue weighted by Crippen LogP contribution is -2.07. The van der Waals surface area contributed by atoms with Gasteiger partial charge in [0.15, 0.2) is 0 Å². The molecule has 0 fully saturated rings. The van der Waals surface area contributed by atoms with Gasteiger partial charge in [0.1, 0.15) is 6.61 Å². The summed E-state index contributed by atoms with van der Waals surface area (Å²) in [6, 6.07) is 23.9. The van der Waals surface area contributed by atoms with Gasteiger partial charge < -0.3 is 4.74 Å². The van der Waals surface area contributed by atoms with Crippen LogP contribution >= 0.6 is 0 Å². The Balaban J connectivity index is 1.63. The Hall–Kier alpha value is -2.61. The van der Waals surface area contributed by atoms with Gasteiger partial charge in [-0.1, -0.05) is 72.8 Å². The quantitative estimate of drug-likeness (QED) is 0.670. The van der Waals surface area contributed by atoms with Gasteiger partial charge in [-0.15, -0.1) is 0 Å². The number of esters is 1. The minimum atomic E-state index is -0.200. The van der Waals surface area contributed by atoms with Crippen LogP contribution < -0.4 is 0 Å². The number of hydrogen-bond acceptors (Lipinski definition) is 2. The molecular weight excluding hydrogens is 260 g/mol. The third kappa shape index (κ3) is 3.48. The number of rotatable bonds is 4. The van der Waals surface area contributed by atoms with E-state index in [-0.39, 0.29) is 5.97 Å². The predicted molar refractivity (Wildman–Crippen MR) is 83.9 cm³/mol. The van der Waals surface area contributed by atoms with Crippen molar-refractivity contribution in [3.05, 3.63) is 83.9 Å². The van der Waals surface area contributed by atoms with E-state index in [9.17, 15) is 4.79 Å². The van der Waals surface area contributed by atoms with E-state index in [1.54, 1.807) is 0 Å². The van der Waals surface area contributed by atoms with Crippen LogP contribution in [0.1, 0.15) is 11.1 Å². The third-order valence-corrected chi connectivity index (χ3v) is 3.40. The van der Waals surface area contributed by atoms with Crippen LogP contribution in [0.2, 0.25) is 0 Å². The van der Waals surface area contributed by atoms with Crippen LogP contribution in [0.5, 0.6) is 0 Å². The van der Waals surface area contributed by atoms with Crippen molar-refractivity contribution in [2.75, 3.05) is 0 Å². The van der Waals surface area contributed by atoms with Crippen molar-refractivity contribution in [1.82, 2.24) is 0 Å². The summed E-state index contributed by atoms with van der Waals surface area (Å²) in [5.41, 5.74) is 1.98. The molecule has 0 aliphatic carbocycles. The number of benzene rings is 3. The van der Waals surface area contributed by atoms with Crippen LogP contribution in [0.25, 0.3) is 10.8 Å². The van der Waals surface area contributed by atoms with Gasteiger partial charge in [-0.05, 0) is 21.9 Å². The first-order valence-corrected chi connectivity index (χ1v) is 6.98. The number of carbonyl (C=O) groups excluding carboxylic acids is 1. The van der Waals surface area contributed by atoms with E-state index in [4.69, 9.17) is 4.74 Å². The second-order valence-electron chi connectivity index (χ2n) is 5.00. The second kappa shape index (κ2) is 6.23. The van der Waals surface area contributed by atoms with Crippen LogP contribution in [0, 0.1) is 0 Å². The highest BCUT2D eigenvalue weighted by atomic mass is 16.5. The van der Waals surface area contributed by atoms with Crippen LogP contribution in [-0.2, 0) is 22.6 Å². The van der Waals surface area contributed by atoms with Crippen molar-refractivity contribution in [2.24, 2.45) is 0 Å². The van der Waals surface area contributed by atoms with Crippen molar-refractivity contribution in [1.29, 1.82) is 0 Å². The van der Waals surface area contributed by atoms with E-state index in [1.165, 1.54) is 5.39 Å². The predicted octanol–water partition coefficient (Wildman–Crippen LogP) is 4.13. The van der Waals surface area contributed by atoms with E-state index < -0.39 is 0 Å². The summed E-state index contributed by atoms with van der Waals surface area (Å²) < 4.78 is 5.31. The fourth-order valence-corrected chi connectivity index (χ4v) is 2.30. The molecule has 104 valence electrons. The fraction of sp³-hybridized carbons (Fsp3) is 0.105. The van der Waals surface area contributed by atoms with E-state index >= 15 is 0 Å². The van der Waals surface area contributed by atoms with Crippen molar-refractivity contribution < 1.29 is 9.53 Å². The zero-order chi connectivity index (χ0) is 14.5. The fourth-order valence-electron chi connectivity index (χ4n) is 2.30. The molecule has 21 heavy (non-hydrogen) atoms. The molecule has 2 heteroatoms. The first-order chi connectivity index (χ1) is 10.3. The molecule has 0 saturated carbocycles. The Kier molecular flexibility index (Phi) is 3.97. The van der Waals surface area contributed by atoms with Gasteiger partial charge in [0.25, 0.3) is 0 Å².